The number of ether oxygens (including phenoxy) is 1. The lowest BCUT2D eigenvalue weighted by Gasteiger charge is -2.33. The maximum Gasteiger partial charge on any atom is 0.304 e. The molecular formula is C21H25N5O4. The van der Waals surface area contributed by atoms with E-state index in [1.165, 1.54) is 13.2 Å². The van der Waals surface area contributed by atoms with E-state index in [1.807, 2.05) is 0 Å². The van der Waals surface area contributed by atoms with E-state index in [-0.39, 0.29) is 18.2 Å². The first kappa shape index (κ1) is 21.3. The van der Waals surface area contributed by atoms with Crippen LogP contribution in [0.4, 0.5) is 5.82 Å². The summed E-state index contributed by atoms with van der Waals surface area (Å²) in [6.07, 6.45) is 1.94. The van der Waals surface area contributed by atoms with Gasteiger partial charge in [-0.1, -0.05) is 0 Å². The molecule has 1 aliphatic heterocycles. The maximum atomic E-state index is 10.8. The van der Waals surface area contributed by atoms with Gasteiger partial charge in [0.15, 0.2) is 5.82 Å². The average Bonchev–Trinajstić information content (AvgIpc) is 2.73. The molecule has 0 bridgehead atoms. The van der Waals surface area contributed by atoms with Gasteiger partial charge in [-0.05, 0) is 44.0 Å². The monoisotopic (exact) mass is 411 g/mol. The first-order chi connectivity index (χ1) is 14.4. The summed E-state index contributed by atoms with van der Waals surface area (Å²) in [5, 5.41) is 40.7. The predicted octanol–water partition coefficient (Wildman–Crippen LogP) is 2.39. The third-order valence-electron chi connectivity index (χ3n) is 5.28. The predicted molar refractivity (Wildman–Crippen MR) is 110 cm³/mol. The van der Waals surface area contributed by atoms with E-state index in [4.69, 9.17) is 9.84 Å². The smallest absolute Gasteiger partial charge is 0.304 e. The Balaban J connectivity index is 1.81. The normalized spacial score (nSPS) is 16.6. The lowest BCUT2D eigenvalue weighted by Crippen LogP contribution is -2.43. The summed E-state index contributed by atoms with van der Waals surface area (Å²) in [5.41, 5.74) is 1.90. The summed E-state index contributed by atoms with van der Waals surface area (Å²) in [6, 6.07) is 7.12. The molecule has 2 heterocycles. The number of nitrogens with zero attached hydrogens (tertiary/aromatic N) is 4. The molecule has 0 saturated carbocycles. The number of nitriles is 1. The van der Waals surface area contributed by atoms with Crippen LogP contribution in [0.25, 0.3) is 11.3 Å². The molecule has 1 fully saturated rings. The third-order valence-corrected chi connectivity index (χ3v) is 5.28. The van der Waals surface area contributed by atoms with Crippen LogP contribution in [0, 0.1) is 18.3 Å². The second kappa shape index (κ2) is 9.41. The minimum atomic E-state index is -0.810. The van der Waals surface area contributed by atoms with Crippen molar-refractivity contribution in [3.8, 4) is 28.8 Å². The number of phenols is 1. The zero-order chi connectivity index (χ0) is 21.7. The molecule has 0 unspecified atom stereocenters. The number of nitrogens with one attached hydrogen (secondary N) is 1. The van der Waals surface area contributed by atoms with Crippen molar-refractivity contribution in [2.45, 2.75) is 32.2 Å². The first-order valence-electron chi connectivity index (χ1n) is 9.78. The number of piperidine rings is 1. The van der Waals surface area contributed by atoms with Gasteiger partial charge >= 0.3 is 5.97 Å². The van der Waals surface area contributed by atoms with Crippen LogP contribution in [-0.4, -0.2) is 64.1 Å². The van der Waals surface area contributed by atoms with E-state index in [0.717, 1.165) is 19.4 Å². The topological polar surface area (TPSA) is 132 Å². The van der Waals surface area contributed by atoms with Crippen LogP contribution in [0.3, 0.4) is 0 Å². The van der Waals surface area contributed by atoms with Crippen LogP contribution >= 0.6 is 0 Å². The van der Waals surface area contributed by atoms with E-state index in [9.17, 15) is 15.2 Å². The molecule has 1 aliphatic rings. The summed E-state index contributed by atoms with van der Waals surface area (Å²) >= 11 is 0. The Morgan fingerprint density at radius 2 is 2.23 bits per heavy atom. The van der Waals surface area contributed by atoms with Crippen molar-refractivity contribution in [2.75, 3.05) is 32.1 Å². The molecule has 3 N–H and O–H groups in total. The number of carboxylic acids is 1. The average molecular weight is 411 g/mol. The molecular weight excluding hydrogens is 386 g/mol. The molecule has 1 saturated heterocycles. The maximum absolute atomic E-state index is 10.8. The molecule has 9 heteroatoms. The van der Waals surface area contributed by atoms with Gasteiger partial charge in [0.1, 0.15) is 28.8 Å². The molecule has 0 aliphatic carbocycles. The minimum absolute atomic E-state index is 0.00213. The van der Waals surface area contributed by atoms with Crippen molar-refractivity contribution >= 4 is 11.8 Å². The fourth-order valence-electron chi connectivity index (χ4n) is 3.68. The standard InChI is InChI=1S/C21H25N5O4/c1-13-17(11-22)21(23-14-4-3-8-26(12-14)9-7-19(28)29)25-24-20(13)16-6-5-15(30-2)10-18(16)27/h5-6,10,14,27H,3-4,7-9,12H2,1-2H3,(H,23,25)(H,28,29)/t14-/m1/s1. The molecule has 1 aromatic carbocycles. The number of rotatable bonds is 7. The molecule has 0 amide bonds. The molecule has 2 aromatic rings. The first-order valence-corrected chi connectivity index (χ1v) is 9.78. The number of methoxy groups -OCH3 is 1. The van der Waals surface area contributed by atoms with Crippen molar-refractivity contribution in [3.05, 3.63) is 29.3 Å². The molecule has 3 rings (SSSR count). The fourth-order valence-corrected chi connectivity index (χ4v) is 3.68. The summed E-state index contributed by atoms with van der Waals surface area (Å²) in [7, 11) is 1.52. The molecule has 158 valence electrons. The van der Waals surface area contributed by atoms with Crippen molar-refractivity contribution in [3.63, 3.8) is 0 Å². The number of benzene rings is 1. The van der Waals surface area contributed by atoms with E-state index >= 15 is 0 Å². The zero-order valence-corrected chi connectivity index (χ0v) is 17.1. The highest BCUT2D eigenvalue weighted by atomic mass is 16.5. The molecule has 9 nitrogen and oxygen atoms in total. The molecule has 30 heavy (non-hydrogen) atoms. The number of hydrogen-bond acceptors (Lipinski definition) is 8. The second-order valence-corrected chi connectivity index (χ2v) is 7.32. The number of hydrogen-bond donors (Lipinski definition) is 3. The van der Waals surface area contributed by atoms with Gasteiger partial charge in [0.05, 0.1) is 13.5 Å². The highest BCUT2D eigenvalue weighted by Gasteiger charge is 2.23. The number of likely N-dealkylation sites (tertiary alicyclic amines) is 1. The van der Waals surface area contributed by atoms with Crippen LogP contribution in [0.15, 0.2) is 18.2 Å². The lowest BCUT2D eigenvalue weighted by molar-refractivity contribution is -0.137. The van der Waals surface area contributed by atoms with E-state index in [1.54, 1.807) is 19.1 Å². The highest BCUT2D eigenvalue weighted by molar-refractivity contribution is 5.74. The van der Waals surface area contributed by atoms with Gasteiger partial charge in [-0.25, -0.2) is 0 Å². The third kappa shape index (κ3) is 4.78. The molecule has 0 radical (unpaired) electrons. The molecule has 0 spiro atoms. The Hall–Kier alpha value is -3.38. The van der Waals surface area contributed by atoms with Gasteiger partial charge in [-0.3, -0.25) is 4.79 Å². The summed E-state index contributed by atoms with van der Waals surface area (Å²) in [5.74, 6) is 0.107. The van der Waals surface area contributed by atoms with Gasteiger partial charge in [-0.15, -0.1) is 10.2 Å². The van der Waals surface area contributed by atoms with Gasteiger partial charge in [-0.2, -0.15) is 5.26 Å². The SMILES string of the molecule is COc1ccc(-c2nnc(N[C@@H]3CCCN(CCC(=O)O)C3)c(C#N)c2C)c(O)c1. The number of aromatic nitrogens is 2. The van der Waals surface area contributed by atoms with Gasteiger partial charge in [0, 0.05) is 30.8 Å². The molecule has 1 atom stereocenters. The highest BCUT2D eigenvalue weighted by Crippen LogP contribution is 2.34. The van der Waals surface area contributed by atoms with Gasteiger partial charge in [0.2, 0.25) is 0 Å². The number of phenolic OH excluding ortho intramolecular Hbond substituents is 1. The van der Waals surface area contributed by atoms with Gasteiger partial charge in [0.25, 0.3) is 0 Å². The van der Waals surface area contributed by atoms with Crippen molar-refractivity contribution in [1.29, 1.82) is 5.26 Å². The summed E-state index contributed by atoms with van der Waals surface area (Å²) < 4.78 is 5.11. The van der Waals surface area contributed by atoms with Crippen molar-refractivity contribution < 1.29 is 19.7 Å². The number of carbonyl (C=O) groups is 1. The Bertz CT molecular complexity index is 973. The van der Waals surface area contributed by atoms with Crippen LogP contribution in [0.1, 0.15) is 30.4 Å². The van der Waals surface area contributed by atoms with Gasteiger partial charge < -0.3 is 25.2 Å². The van der Waals surface area contributed by atoms with Crippen LogP contribution < -0.4 is 10.1 Å². The van der Waals surface area contributed by atoms with E-state index < -0.39 is 5.97 Å². The fraction of sp³-hybridized carbons (Fsp3) is 0.429. The Morgan fingerprint density at radius 1 is 1.43 bits per heavy atom. The van der Waals surface area contributed by atoms with Crippen molar-refractivity contribution in [2.24, 2.45) is 0 Å². The van der Waals surface area contributed by atoms with E-state index in [2.05, 4.69) is 26.5 Å². The summed E-state index contributed by atoms with van der Waals surface area (Å²) in [4.78, 5) is 12.9. The van der Waals surface area contributed by atoms with Crippen LogP contribution in [0.2, 0.25) is 0 Å². The van der Waals surface area contributed by atoms with Crippen molar-refractivity contribution in [1.82, 2.24) is 15.1 Å². The molecule has 1 aromatic heterocycles. The minimum Gasteiger partial charge on any atom is -0.507 e. The zero-order valence-electron chi connectivity index (χ0n) is 17.1. The van der Waals surface area contributed by atoms with Crippen LogP contribution in [-0.2, 0) is 4.79 Å². The number of anilines is 1. The Labute approximate surface area is 174 Å². The number of carboxylic acid groups (broad SMARTS) is 1. The Morgan fingerprint density at radius 3 is 2.90 bits per heavy atom. The van der Waals surface area contributed by atoms with E-state index in [0.29, 0.717) is 47.0 Å². The lowest BCUT2D eigenvalue weighted by atomic mass is 10.0. The Kier molecular flexibility index (Phi) is 6.69. The van der Waals surface area contributed by atoms with Crippen LogP contribution in [0.5, 0.6) is 11.5 Å². The number of aromatic hydroxyl groups is 1. The number of aliphatic carboxylic acids is 1. The largest absolute Gasteiger partial charge is 0.507 e. The second-order valence-electron chi connectivity index (χ2n) is 7.32. The quantitative estimate of drug-likeness (QED) is 0.628. The summed E-state index contributed by atoms with van der Waals surface area (Å²) in [6.45, 7) is 3.81.